The van der Waals surface area contributed by atoms with Gasteiger partial charge in [0.15, 0.2) is 5.54 Å². The molecule has 0 radical (unpaired) electrons. The molecule has 0 saturated carbocycles. The predicted octanol–water partition coefficient (Wildman–Crippen LogP) is 5.31. The van der Waals surface area contributed by atoms with Crippen molar-refractivity contribution in [3.63, 3.8) is 0 Å². The Bertz CT molecular complexity index is 892. The van der Waals surface area contributed by atoms with E-state index < -0.39 is 10.2 Å². The zero-order chi connectivity index (χ0) is 18.2. The molecule has 3 aromatic carbocycles. The van der Waals surface area contributed by atoms with Gasteiger partial charge < -0.3 is 15.2 Å². The Morgan fingerprint density at radius 2 is 1.50 bits per heavy atom. The lowest BCUT2D eigenvalue weighted by Crippen LogP contribution is -2.73. The van der Waals surface area contributed by atoms with Gasteiger partial charge in [0, 0.05) is 22.8 Å². The fourth-order valence-electron chi connectivity index (χ4n) is 3.62. The topological polar surface area (TPSA) is 35.1 Å². The Labute approximate surface area is 156 Å². The Morgan fingerprint density at radius 1 is 0.885 bits per heavy atom. The molecule has 0 spiro atoms. The molecule has 0 amide bonds. The van der Waals surface area contributed by atoms with E-state index in [4.69, 9.17) is 11.6 Å². The Hall–Kier alpha value is -2.40. The van der Waals surface area contributed by atoms with Crippen LogP contribution in [-0.4, -0.2) is 13.1 Å². The monoisotopic (exact) mass is 368 g/mol. The molecule has 1 saturated heterocycles. The van der Waals surface area contributed by atoms with Crippen LogP contribution < -0.4 is 9.96 Å². The minimum absolute atomic E-state index is 0.325. The molecular weight excluding hydrogens is 351 g/mol. The maximum Gasteiger partial charge on any atom is 0.163 e. The summed E-state index contributed by atoms with van der Waals surface area (Å²) in [6, 6.07) is 23.2. The molecule has 0 aliphatic carbocycles. The van der Waals surface area contributed by atoms with E-state index >= 15 is 0 Å². The van der Waals surface area contributed by atoms with Crippen molar-refractivity contribution in [3.05, 3.63) is 100 Å². The number of halogens is 2. The van der Waals surface area contributed by atoms with Crippen molar-refractivity contribution in [1.29, 1.82) is 0 Å². The van der Waals surface area contributed by atoms with Crippen molar-refractivity contribution in [2.45, 2.75) is 5.54 Å². The summed E-state index contributed by atoms with van der Waals surface area (Å²) in [5, 5.41) is 17.4. The van der Waals surface area contributed by atoms with Crippen LogP contribution in [0.5, 0.6) is 0 Å². The molecule has 3 aromatic rings. The van der Waals surface area contributed by atoms with Crippen LogP contribution in [0, 0.1) is 11.0 Å². The largest absolute Gasteiger partial charge is 0.627 e. The zero-order valence-electron chi connectivity index (χ0n) is 14.0. The number of rotatable bonds is 4. The summed E-state index contributed by atoms with van der Waals surface area (Å²) in [5.74, 6) is -0.338. The Morgan fingerprint density at radius 3 is 2.12 bits per heavy atom. The second kappa shape index (κ2) is 6.40. The standard InChI is InChI=1S/C21H18ClFN2O/c22-17-6-10-19(11-7-17)24-21(16-4-2-1-3-5-16)14-25(26,15-21)20-12-8-18(23)9-13-20/h1-13,24H,14-15H2. The van der Waals surface area contributed by atoms with Gasteiger partial charge in [-0.25, -0.2) is 4.39 Å². The van der Waals surface area contributed by atoms with E-state index in [1.165, 1.54) is 12.1 Å². The van der Waals surface area contributed by atoms with Gasteiger partial charge in [0.25, 0.3) is 0 Å². The third-order valence-corrected chi connectivity index (χ3v) is 5.15. The maximum atomic E-state index is 13.3. The molecule has 5 heteroatoms. The van der Waals surface area contributed by atoms with Crippen LogP contribution in [0.4, 0.5) is 15.8 Å². The molecule has 0 unspecified atom stereocenters. The average Bonchev–Trinajstić information content (AvgIpc) is 2.63. The van der Waals surface area contributed by atoms with Crippen LogP contribution in [-0.2, 0) is 5.54 Å². The average molecular weight is 369 g/mol. The van der Waals surface area contributed by atoms with Crippen LogP contribution in [0.3, 0.4) is 0 Å². The molecule has 3 nitrogen and oxygen atoms in total. The van der Waals surface area contributed by atoms with Gasteiger partial charge in [-0.15, -0.1) is 0 Å². The lowest BCUT2D eigenvalue weighted by Gasteiger charge is -2.60. The van der Waals surface area contributed by atoms with E-state index in [0.29, 0.717) is 23.8 Å². The summed E-state index contributed by atoms with van der Waals surface area (Å²) in [7, 11) is 0. The third-order valence-electron chi connectivity index (χ3n) is 4.90. The van der Waals surface area contributed by atoms with Gasteiger partial charge in [0.05, 0.1) is 0 Å². The van der Waals surface area contributed by atoms with Gasteiger partial charge in [-0.3, -0.25) is 0 Å². The first-order valence-corrected chi connectivity index (χ1v) is 8.81. The first kappa shape index (κ1) is 17.0. The summed E-state index contributed by atoms with van der Waals surface area (Å²) >= 11 is 5.97. The van der Waals surface area contributed by atoms with Crippen LogP contribution >= 0.6 is 11.6 Å². The SMILES string of the molecule is [O-][N+]1(c2ccc(F)cc2)CC(Nc2ccc(Cl)cc2)(c2ccccc2)C1. The normalized spacial score (nSPS) is 24.7. The highest BCUT2D eigenvalue weighted by molar-refractivity contribution is 6.30. The molecule has 1 N–H and O–H groups in total. The molecule has 0 bridgehead atoms. The highest BCUT2D eigenvalue weighted by atomic mass is 35.5. The molecule has 0 atom stereocenters. The highest BCUT2D eigenvalue weighted by Crippen LogP contribution is 2.43. The molecular formula is C21H18ClFN2O. The summed E-state index contributed by atoms with van der Waals surface area (Å²) in [6.07, 6.45) is 0. The van der Waals surface area contributed by atoms with Crippen LogP contribution in [0.1, 0.15) is 5.56 Å². The van der Waals surface area contributed by atoms with Gasteiger partial charge in [-0.2, -0.15) is 0 Å². The summed E-state index contributed by atoms with van der Waals surface area (Å²) in [6.45, 7) is 0.649. The number of hydroxylamine groups is 2. The molecule has 1 heterocycles. The summed E-state index contributed by atoms with van der Waals surface area (Å²) in [5.41, 5.74) is 2.05. The van der Waals surface area contributed by atoms with Crippen molar-refractivity contribution >= 4 is 23.0 Å². The second-order valence-corrected chi connectivity index (χ2v) is 7.20. The minimum atomic E-state index is -0.490. The Kier molecular flexibility index (Phi) is 4.19. The second-order valence-electron chi connectivity index (χ2n) is 6.76. The van der Waals surface area contributed by atoms with Crippen molar-refractivity contribution in [3.8, 4) is 0 Å². The van der Waals surface area contributed by atoms with E-state index in [1.807, 2.05) is 54.6 Å². The maximum absolute atomic E-state index is 13.3. The predicted molar refractivity (Wildman–Crippen MR) is 104 cm³/mol. The lowest BCUT2D eigenvalue weighted by atomic mass is 9.80. The van der Waals surface area contributed by atoms with Crippen molar-refractivity contribution in [1.82, 2.24) is 4.65 Å². The van der Waals surface area contributed by atoms with Gasteiger partial charge in [0.2, 0.25) is 0 Å². The quantitative estimate of drug-likeness (QED) is 0.500. The lowest BCUT2D eigenvalue weighted by molar-refractivity contribution is 0.144. The van der Waals surface area contributed by atoms with E-state index in [1.54, 1.807) is 12.1 Å². The van der Waals surface area contributed by atoms with Crippen LogP contribution in [0.15, 0.2) is 78.9 Å². The first-order chi connectivity index (χ1) is 12.5. The number of hydrogen-bond acceptors (Lipinski definition) is 2. The Balaban J connectivity index is 1.66. The molecule has 4 rings (SSSR count). The van der Waals surface area contributed by atoms with Crippen molar-refractivity contribution in [2.24, 2.45) is 0 Å². The molecule has 1 aliphatic heterocycles. The van der Waals surface area contributed by atoms with Crippen LogP contribution in [0.2, 0.25) is 5.02 Å². The third kappa shape index (κ3) is 3.07. The van der Waals surface area contributed by atoms with E-state index in [9.17, 15) is 9.60 Å². The number of benzene rings is 3. The van der Waals surface area contributed by atoms with Gasteiger partial charge in [-0.1, -0.05) is 41.9 Å². The molecule has 1 aliphatic rings. The highest BCUT2D eigenvalue weighted by Gasteiger charge is 2.54. The fourth-order valence-corrected chi connectivity index (χ4v) is 3.75. The molecule has 132 valence electrons. The smallest absolute Gasteiger partial charge is 0.163 e. The van der Waals surface area contributed by atoms with E-state index in [0.717, 1.165) is 11.3 Å². The molecule has 26 heavy (non-hydrogen) atoms. The van der Waals surface area contributed by atoms with E-state index in [2.05, 4.69) is 5.32 Å². The van der Waals surface area contributed by atoms with Gasteiger partial charge in [0.1, 0.15) is 24.6 Å². The van der Waals surface area contributed by atoms with Gasteiger partial charge in [-0.05, 0) is 42.0 Å². The number of nitrogens with zero attached hydrogens (tertiary/aromatic N) is 1. The van der Waals surface area contributed by atoms with Gasteiger partial charge >= 0.3 is 0 Å². The summed E-state index contributed by atoms with van der Waals surface area (Å²) in [4.78, 5) is 0. The first-order valence-electron chi connectivity index (χ1n) is 8.43. The fraction of sp³-hybridized carbons (Fsp3) is 0.143. The zero-order valence-corrected chi connectivity index (χ0v) is 14.8. The van der Waals surface area contributed by atoms with Crippen molar-refractivity contribution < 1.29 is 4.39 Å². The number of anilines is 1. The van der Waals surface area contributed by atoms with E-state index in [-0.39, 0.29) is 5.82 Å². The van der Waals surface area contributed by atoms with Crippen molar-refractivity contribution in [2.75, 3.05) is 18.4 Å². The molecule has 1 fully saturated rings. The molecule has 0 aromatic heterocycles. The number of quaternary nitrogens is 1. The summed E-state index contributed by atoms with van der Waals surface area (Å²) < 4.78 is 12.7. The number of hydrogen-bond donors (Lipinski definition) is 1. The minimum Gasteiger partial charge on any atom is -0.627 e. The number of nitrogens with one attached hydrogen (secondary N) is 1. The van der Waals surface area contributed by atoms with Crippen LogP contribution in [0.25, 0.3) is 0 Å².